The molecule has 0 aliphatic carbocycles. The van der Waals surface area contributed by atoms with Crippen LogP contribution in [-0.4, -0.2) is 44.5 Å². The van der Waals surface area contributed by atoms with Crippen LogP contribution in [0.1, 0.15) is 34.6 Å². The molecule has 8 heteroatoms. The van der Waals surface area contributed by atoms with Crippen LogP contribution in [0.2, 0.25) is 0 Å². The maximum atomic E-state index is 12.4. The van der Waals surface area contributed by atoms with Gasteiger partial charge in [-0.25, -0.2) is 0 Å². The molecule has 0 aromatic rings. The Labute approximate surface area is 132 Å². The number of esters is 1. The van der Waals surface area contributed by atoms with Crippen molar-refractivity contribution in [3.8, 4) is 0 Å². The molecule has 130 valence electrons. The maximum Gasteiger partial charge on any atom is 0.356 e. The van der Waals surface area contributed by atoms with Crippen LogP contribution in [0, 0.1) is 0 Å². The third-order valence-electron chi connectivity index (χ3n) is 1.93. The zero-order chi connectivity index (χ0) is 17.0. The largest absolute Gasteiger partial charge is 0.439 e. The van der Waals surface area contributed by atoms with E-state index in [1.165, 1.54) is 6.92 Å². The SMILES string of the molecule is CC(=O)OCOC/C=C\COCP(=O)(OC(C)C)OC(C)C. The van der Waals surface area contributed by atoms with E-state index in [9.17, 15) is 9.36 Å². The molecule has 0 N–H and O–H groups in total. The van der Waals surface area contributed by atoms with Gasteiger partial charge in [0.2, 0.25) is 0 Å². The second-order valence-electron chi connectivity index (χ2n) is 5.02. The van der Waals surface area contributed by atoms with Crippen LogP contribution in [0.4, 0.5) is 0 Å². The summed E-state index contributed by atoms with van der Waals surface area (Å²) in [6.45, 7) is 8.92. The summed E-state index contributed by atoms with van der Waals surface area (Å²) in [4.78, 5) is 10.5. The Bertz CT molecular complexity index is 365. The lowest BCUT2D eigenvalue weighted by molar-refractivity contribution is -0.152. The average Bonchev–Trinajstić information content (AvgIpc) is 2.34. The van der Waals surface area contributed by atoms with Gasteiger partial charge in [0, 0.05) is 6.92 Å². The lowest BCUT2D eigenvalue weighted by Gasteiger charge is -2.22. The van der Waals surface area contributed by atoms with Crippen molar-refractivity contribution in [1.29, 1.82) is 0 Å². The molecule has 0 atom stereocenters. The van der Waals surface area contributed by atoms with Gasteiger partial charge in [0.05, 0.1) is 25.4 Å². The van der Waals surface area contributed by atoms with Crippen LogP contribution in [-0.2, 0) is 32.6 Å². The standard InChI is InChI=1S/C14H27O7P/c1-12(2)20-22(16,21-13(3)4)11-18-9-7-6-8-17-10-19-14(5)15/h6-7,12-13H,8-11H2,1-5H3/b7-6-. The lowest BCUT2D eigenvalue weighted by Crippen LogP contribution is -2.11. The summed E-state index contributed by atoms with van der Waals surface area (Å²) in [5, 5.41) is 0. The van der Waals surface area contributed by atoms with Gasteiger partial charge < -0.3 is 23.3 Å². The number of hydrogen-bond acceptors (Lipinski definition) is 7. The number of rotatable bonds is 12. The fourth-order valence-corrected chi connectivity index (χ4v) is 3.12. The van der Waals surface area contributed by atoms with Gasteiger partial charge in [0.25, 0.3) is 0 Å². The molecule has 0 aliphatic rings. The molecule has 0 saturated carbocycles. The van der Waals surface area contributed by atoms with Gasteiger partial charge in [-0.15, -0.1) is 0 Å². The molecular formula is C14H27O7P. The maximum absolute atomic E-state index is 12.4. The molecule has 22 heavy (non-hydrogen) atoms. The van der Waals surface area contributed by atoms with Crippen LogP contribution in [0.25, 0.3) is 0 Å². The summed E-state index contributed by atoms with van der Waals surface area (Å²) in [5.41, 5.74) is 0. The van der Waals surface area contributed by atoms with Gasteiger partial charge in [-0.1, -0.05) is 12.2 Å². The smallest absolute Gasteiger partial charge is 0.356 e. The molecule has 0 heterocycles. The third kappa shape index (κ3) is 13.0. The van der Waals surface area contributed by atoms with E-state index in [2.05, 4.69) is 4.74 Å². The first-order valence-electron chi connectivity index (χ1n) is 7.15. The van der Waals surface area contributed by atoms with Crippen molar-refractivity contribution in [1.82, 2.24) is 0 Å². The zero-order valence-electron chi connectivity index (χ0n) is 13.9. The lowest BCUT2D eigenvalue weighted by atomic mass is 10.5. The summed E-state index contributed by atoms with van der Waals surface area (Å²) < 4.78 is 38.0. The highest BCUT2D eigenvalue weighted by Gasteiger charge is 2.27. The highest BCUT2D eigenvalue weighted by atomic mass is 31.2. The van der Waals surface area contributed by atoms with Crippen molar-refractivity contribution in [3.05, 3.63) is 12.2 Å². The second-order valence-corrected chi connectivity index (χ2v) is 6.92. The van der Waals surface area contributed by atoms with E-state index in [1.54, 1.807) is 39.8 Å². The Morgan fingerprint density at radius 1 is 1.00 bits per heavy atom. The molecule has 0 aromatic carbocycles. The highest BCUT2D eigenvalue weighted by molar-refractivity contribution is 7.53. The van der Waals surface area contributed by atoms with Gasteiger partial charge in [0.1, 0.15) is 6.35 Å². The van der Waals surface area contributed by atoms with Crippen LogP contribution >= 0.6 is 7.60 Å². The monoisotopic (exact) mass is 338 g/mol. The number of ether oxygens (including phenoxy) is 3. The Morgan fingerprint density at radius 3 is 1.95 bits per heavy atom. The van der Waals surface area contributed by atoms with Gasteiger partial charge in [-0.2, -0.15) is 0 Å². The first-order valence-corrected chi connectivity index (χ1v) is 8.87. The minimum atomic E-state index is -3.25. The zero-order valence-corrected chi connectivity index (χ0v) is 14.8. The first-order chi connectivity index (χ1) is 10.2. The fourth-order valence-electron chi connectivity index (χ4n) is 1.34. The summed E-state index contributed by atoms with van der Waals surface area (Å²) >= 11 is 0. The van der Waals surface area contributed by atoms with Crippen molar-refractivity contribution in [2.75, 3.05) is 26.4 Å². The molecule has 0 saturated heterocycles. The van der Waals surface area contributed by atoms with Crippen LogP contribution in [0.5, 0.6) is 0 Å². The predicted octanol–water partition coefficient (Wildman–Crippen LogP) is 3.10. The molecule has 0 aliphatic heterocycles. The van der Waals surface area contributed by atoms with Gasteiger partial charge >= 0.3 is 13.6 Å². The minimum Gasteiger partial charge on any atom is -0.439 e. The second kappa shape index (κ2) is 11.8. The average molecular weight is 338 g/mol. The van der Waals surface area contributed by atoms with Crippen LogP contribution in [0.15, 0.2) is 12.2 Å². The number of carbonyl (C=O) groups is 1. The van der Waals surface area contributed by atoms with Crippen molar-refractivity contribution in [2.24, 2.45) is 0 Å². The molecule has 0 rings (SSSR count). The minimum absolute atomic E-state index is 0.0831. The van der Waals surface area contributed by atoms with E-state index in [4.69, 9.17) is 18.5 Å². The Morgan fingerprint density at radius 2 is 1.50 bits per heavy atom. The molecule has 0 aromatic heterocycles. The van der Waals surface area contributed by atoms with E-state index >= 15 is 0 Å². The van der Waals surface area contributed by atoms with Gasteiger partial charge in [-0.3, -0.25) is 9.36 Å². The summed E-state index contributed by atoms with van der Waals surface area (Å²) in [7, 11) is -3.25. The van der Waals surface area contributed by atoms with E-state index in [0.29, 0.717) is 6.61 Å². The molecule has 0 radical (unpaired) electrons. The molecule has 0 amide bonds. The summed E-state index contributed by atoms with van der Waals surface area (Å²) in [6, 6.07) is 0. The Hall–Kier alpha value is -0.720. The van der Waals surface area contributed by atoms with Crippen molar-refractivity contribution < 1.29 is 32.6 Å². The van der Waals surface area contributed by atoms with E-state index in [1.807, 2.05) is 0 Å². The van der Waals surface area contributed by atoms with E-state index in [0.717, 1.165) is 0 Å². The van der Waals surface area contributed by atoms with E-state index in [-0.39, 0.29) is 32.0 Å². The summed E-state index contributed by atoms with van der Waals surface area (Å²) in [5.74, 6) is -0.390. The normalized spacial score (nSPS) is 12.5. The van der Waals surface area contributed by atoms with Gasteiger partial charge in [0.15, 0.2) is 6.79 Å². The quantitative estimate of drug-likeness (QED) is 0.178. The number of hydrogen-bond donors (Lipinski definition) is 0. The molecule has 0 bridgehead atoms. The van der Waals surface area contributed by atoms with Crippen molar-refractivity contribution in [2.45, 2.75) is 46.8 Å². The topological polar surface area (TPSA) is 80.3 Å². The Kier molecular flexibility index (Phi) is 11.4. The van der Waals surface area contributed by atoms with Crippen molar-refractivity contribution in [3.63, 3.8) is 0 Å². The van der Waals surface area contributed by atoms with Crippen LogP contribution < -0.4 is 0 Å². The van der Waals surface area contributed by atoms with E-state index < -0.39 is 13.6 Å². The fraction of sp³-hybridized carbons (Fsp3) is 0.786. The molecule has 0 fully saturated rings. The molecule has 0 unspecified atom stereocenters. The summed E-state index contributed by atoms with van der Waals surface area (Å²) in [6.07, 6.45) is 2.89. The molecular weight excluding hydrogens is 311 g/mol. The molecule has 0 spiro atoms. The predicted molar refractivity (Wildman–Crippen MR) is 82.6 cm³/mol. The number of carbonyl (C=O) groups excluding carboxylic acids is 1. The van der Waals surface area contributed by atoms with Crippen LogP contribution in [0.3, 0.4) is 0 Å². The first kappa shape index (κ1) is 21.3. The third-order valence-corrected chi connectivity index (χ3v) is 3.92. The Balaban J connectivity index is 3.93. The molecule has 7 nitrogen and oxygen atoms in total. The van der Waals surface area contributed by atoms with Crippen molar-refractivity contribution >= 4 is 13.6 Å². The van der Waals surface area contributed by atoms with Gasteiger partial charge in [-0.05, 0) is 27.7 Å². The highest BCUT2D eigenvalue weighted by Crippen LogP contribution is 2.50.